The van der Waals surface area contributed by atoms with Crippen LogP contribution in [0.2, 0.25) is 0 Å². The van der Waals surface area contributed by atoms with Crippen molar-refractivity contribution in [1.82, 2.24) is 5.32 Å². The third-order valence-electron chi connectivity index (χ3n) is 2.47. The maximum Gasteiger partial charge on any atom is 0.472 e. The predicted molar refractivity (Wildman–Crippen MR) is 55.6 cm³/mol. The molecule has 4 atom stereocenters. The fraction of sp³-hybridized carbons (Fsp3) is 1.00. The van der Waals surface area contributed by atoms with Gasteiger partial charge in [-0.3, -0.25) is 0 Å². The van der Waals surface area contributed by atoms with E-state index in [0.29, 0.717) is 6.44 Å². The first kappa shape index (κ1) is 13.8. The van der Waals surface area contributed by atoms with Crippen LogP contribution in [0.1, 0.15) is 0 Å². The normalized spacial score (nSPS) is 32.8. The van der Waals surface area contributed by atoms with Gasteiger partial charge in [0.2, 0.25) is 0 Å². The molecule has 0 aromatic carbocycles. The lowest BCUT2D eigenvalue weighted by molar-refractivity contribution is -0.149. The fourth-order valence-electron chi connectivity index (χ4n) is 1.61. The summed E-state index contributed by atoms with van der Waals surface area (Å²) >= 11 is 0. The van der Waals surface area contributed by atoms with Gasteiger partial charge in [0.15, 0.2) is 0 Å². The van der Waals surface area contributed by atoms with Crippen LogP contribution in [-0.4, -0.2) is 78.7 Å². The number of hydrogen-bond acceptors (Lipinski definition) is 7. The Morgan fingerprint density at radius 1 is 1.38 bits per heavy atom. The number of aliphatic hydroxyl groups excluding tert-OH is 4. The van der Waals surface area contributed by atoms with Crippen LogP contribution in [0.15, 0.2) is 0 Å². The summed E-state index contributed by atoms with van der Waals surface area (Å²) in [7, 11) is 1.03. The topological polar surface area (TPSA) is 111 Å². The van der Waals surface area contributed by atoms with E-state index in [1.54, 1.807) is 7.05 Å². The summed E-state index contributed by atoms with van der Waals surface area (Å²) in [6.45, 7) is -0.897. The predicted octanol–water partition coefficient (Wildman–Crippen LogP) is -3.28. The van der Waals surface area contributed by atoms with Crippen LogP contribution in [0.3, 0.4) is 0 Å². The van der Waals surface area contributed by atoms with Crippen molar-refractivity contribution in [2.24, 2.45) is 0 Å². The molecule has 0 aromatic heterocycles. The van der Waals surface area contributed by atoms with Gasteiger partial charge in [-0.05, 0) is 7.05 Å². The molecule has 0 aliphatic carbocycles. The van der Waals surface area contributed by atoms with E-state index in [4.69, 9.17) is 19.5 Å². The molecule has 0 saturated carbocycles. The van der Waals surface area contributed by atoms with Crippen LogP contribution in [-0.2, 0) is 9.31 Å². The highest BCUT2D eigenvalue weighted by atomic mass is 16.6. The van der Waals surface area contributed by atoms with E-state index >= 15 is 0 Å². The third-order valence-corrected chi connectivity index (χ3v) is 2.47. The van der Waals surface area contributed by atoms with E-state index in [0.717, 1.165) is 0 Å². The van der Waals surface area contributed by atoms with Crippen molar-refractivity contribution in [1.29, 1.82) is 0 Å². The average molecular weight is 235 g/mol. The molecule has 1 heterocycles. The molecule has 1 rings (SSSR count). The maximum atomic E-state index is 9.71. The molecule has 16 heavy (non-hydrogen) atoms. The first-order valence-corrected chi connectivity index (χ1v) is 5.17. The van der Waals surface area contributed by atoms with E-state index in [1.165, 1.54) is 0 Å². The molecule has 4 unspecified atom stereocenters. The summed E-state index contributed by atoms with van der Waals surface area (Å²) in [5.41, 5.74) is 0. The SMILES string of the molecule is CNCB1OC(CO)C(O)C(C(O)CO)O1. The van der Waals surface area contributed by atoms with Crippen molar-refractivity contribution >= 4 is 7.12 Å². The molecule has 1 aliphatic rings. The highest BCUT2D eigenvalue weighted by Gasteiger charge is 2.43. The van der Waals surface area contributed by atoms with Gasteiger partial charge in [-0.15, -0.1) is 0 Å². The largest absolute Gasteiger partial charge is 0.472 e. The van der Waals surface area contributed by atoms with Crippen molar-refractivity contribution in [3.63, 3.8) is 0 Å². The van der Waals surface area contributed by atoms with Crippen molar-refractivity contribution < 1.29 is 29.7 Å². The fourth-order valence-corrected chi connectivity index (χ4v) is 1.61. The Morgan fingerprint density at radius 2 is 2.06 bits per heavy atom. The van der Waals surface area contributed by atoms with Gasteiger partial charge in [0, 0.05) is 6.44 Å². The zero-order chi connectivity index (χ0) is 12.1. The van der Waals surface area contributed by atoms with Crippen molar-refractivity contribution in [2.45, 2.75) is 24.4 Å². The van der Waals surface area contributed by atoms with Crippen LogP contribution >= 0.6 is 0 Å². The van der Waals surface area contributed by atoms with E-state index in [1.807, 2.05) is 0 Å². The lowest BCUT2D eigenvalue weighted by Crippen LogP contribution is -2.60. The molecule has 0 bridgehead atoms. The minimum absolute atomic E-state index is 0.359. The summed E-state index contributed by atoms with van der Waals surface area (Å²) in [6, 6.07) is 0. The van der Waals surface area contributed by atoms with Gasteiger partial charge in [0.1, 0.15) is 12.2 Å². The smallest absolute Gasteiger partial charge is 0.402 e. The summed E-state index contributed by atoms with van der Waals surface area (Å²) in [5, 5.41) is 39.8. The lowest BCUT2D eigenvalue weighted by atomic mass is 9.84. The van der Waals surface area contributed by atoms with Gasteiger partial charge in [0.25, 0.3) is 0 Å². The lowest BCUT2D eigenvalue weighted by Gasteiger charge is -2.39. The second-order valence-corrected chi connectivity index (χ2v) is 3.69. The molecule has 0 spiro atoms. The summed E-state index contributed by atoms with van der Waals surface area (Å²) in [4.78, 5) is 0. The Labute approximate surface area is 94.1 Å². The summed E-state index contributed by atoms with van der Waals surface area (Å²) in [6.07, 6.45) is -3.79. The Kier molecular flexibility index (Phi) is 5.63. The van der Waals surface area contributed by atoms with Crippen LogP contribution < -0.4 is 5.32 Å². The second kappa shape index (κ2) is 6.50. The first-order chi connectivity index (χ1) is 7.63. The van der Waals surface area contributed by atoms with Gasteiger partial charge in [-0.1, -0.05) is 0 Å². The molecule has 5 N–H and O–H groups in total. The minimum atomic E-state index is -1.20. The molecule has 1 saturated heterocycles. The molecule has 1 aliphatic heterocycles. The van der Waals surface area contributed by atoms with Gasteiger partial charge in [0.05, 0.1) is 25.4 Å². The van der Waals surface area contributed by atoms with Gasteiger partial charge >= 0.3 is 7.12 Å². The zero-order valence-corrected chi connectivity index (χ0v) is 9.11. The maximum absolute atomic E-state index is 9.71. The van der Waals surface area contributed by atoms with Crippen molar-refractivity contribution in [3.8, 4) is 0 Å². The molecule has 1 fully saturated rings. The summed E-state index contributed by atoms with van der Waals surface area (Å²) in [5.74, 6) is 0. The Morgan fingerprint density at radius 3 is 2.56 bits per heavy atom. The Hall–Kier alpha value is -0.215. The monoisotopic (exact) mass is 235 g/mol. The van der Waals surface area contributed by atoms with Crippen LogP contribution in [0.25, 0.3) is 0 Å². The van der Waals surface area contributed by atoms with Gasteiger partial charge in [-0.2, -0.15) is 0 Å². The Balaban J connectivity index is 2.66. The Bertz CT molecular complexity index is 209. The number of aliphatic hydroxyl groups is 4. The number of rotatable bonds is 5. The average Bonchev–Trinajstić information content (AvgIpc) is 2.30. The van der Waals surface area contributed by atoms with Gasteiger partial charge < -0.3 is 35.1 Å². The van der Waals surface area contributed by atoms with Crippen molar-refractivity contribution in [3.05, 3.63) is 0 Å². The standard InChI is InChI=1S/C8H18BNO6/c1-10-4-9-15-6(3-12)7(14)8(16-9)5(13)2-11/h5-8,10-14H,2-4H2,1H3. The minimum Gasteiger partial charge on any atom is -0.402 e. The molecule has 94 valence electrons. The molecule has 0 aromatic rings. The highest BCUT2D eigenvalue weighted by Crippen LogP contribution is 2.19. The number of nitrogens with one attached hydrogen (secondary N) is 1. The van der Waals surface area contributed by atoms with Crippen LogP contribution in [0.4, 0.5) is 0 Å². The van der Waals surface area contributed by atoms with Crippen LogP contribution in [0, 0.1) is 0 Å². The van der Waals surface area contributed by atoms with E-state index in [-0.39, 0.29) is 6.61 Å². The molecule has 8 heteroatoms. The molecular weight excluding hydrogens is 217 g/mol. The highest BCUT2D eigenvalue weighted by molar-refractivity contribution is 6.45. The molecular formula is C8H18BNO6. The van der Waals surface area contributed by atoms with Gasteiger partial charge in [-0.25, -0.2) is 0 Å². The molecule has 0 radical (unpaired) electrons. The quantitative estimate of drug-likeness (QED) is 0.318. The number of hydrogen-bond donors (Lipinski definition) is 5. The molecule has 7 nitrogen and oxygen atoms in total. The van der Waals surface area contributed by atoms with Crippen LogP contribution in [0.5, 0.6) is 0 Å². The third kappa shape index (κ3) is 3.14. The summed E-state index contributed by atoms with van der Waals surface area (Å²) < 4.78 is 10.5. The van der Waals surface area contributed by atoms with Crippen molar-refractivity contribution in [2.75, 3.05) is 26.7 Å². The second-order valence-electron chi connectivity index (χ2n) is 3.69. The first-order valence-electron chi connectivity index (χ1n) is 5.17. The molecule has 0 amide bonds. The van der Waals surface area contributed by atoms with E-state index < -0.39 is 38.1 Å². The zero-order valence-electron chi connectivity index (χ0n) is 9.11. The van der Waals surface area contributed by atoms with E-state index in [9.17, 15) is 10.2 Å². The van der Waals surface area contributed by atoms with E-state index in [2.05, 4.69) is 5.32 Å².